The number of anilines is 1. The van der Waals surface area contributed by atoms with Gasteiger partial charge < -0.3 is 14.8 Å². The van der Waals surface area contributed by atoms with Gasteiger partial charge in [-0.2, -0.15) is 5.26 Å². The molecule has 0 aliphatic heterocycles. The van der Waals surface area contributed by atoms with E-state index in [1.807, 2.05) is 6.07 Å². The first-order chi connectivity index (χ1) is 15.0. The second-order valence-corrected chi connectivity index (χ2v) is 6.89. The molecule has 0 spiro atoms. The summed E-state index contributed by atoms with van der Waals surface area (Å²) < 4.78 is 24.2. The van der Waals surface area contributed by atoms with Gasteiger partial charge in [-0.25, -0.2) is 4.39 Å². The third-order valence-electron chi connectivity index (χ3n) is 4.27. The average Bonchev–Trinajstić information content (AvgIpc) is 2.77. The van der Waals surface area contributed by atoms with E-state index in [0.29, 0.717) is 33.3 Å². The molecule has 7 heteroatoms. The Morgan fingerprint density at radius 2 is 1.94 bits per heavy atom. The summed E-state index contributed by atoms with van der Waals surface area (Å²) in [6, 6.07) is 19.5. The van der Waals surface area contributed by atoms with Gasteiger partial charge >= 0.3 is 0 Å². The van der Waals surface area contributed by atoms with Crippen molar-refractivity contribution in [3.8, 4) is 17.6 Å². The first kappa shape index (κ1) is 21.9. The number of methoxy groups -OCH3 is 1. The summed E-state index contributed by atoms with van der Waals surface area (Å²) in [5, 5.41) is 12.6. The minimum Gasteiger partial charge on any atom is -0.497 e. The zero-order valence-electron chi connectivity index (χ0n) is 16.6. The zero-order chi connectivity index (χ0) is 22.2. The number of benzene rings is 3. The van der Waals surface area contributed by atoms with Crippen molar-refractivity contribution >= 4 is 29.3 Å². The maximum absolute atomic E-state index is 13.4. The highest BCUT2D eigenvalue weighted by Gasteiger charge is 2.12. The lowest BCUT2D eigenvalue weighted by Crippen LogP contribution is -2.13. The van der Waals surface area contributed by atoms with E-state index in [0.717, 1.165) is 0 Å². The molecule has 3 rings (SSSR count). The molecular weight excluding hydrogens is 419 g/mol. The SMILES string of the molecule is COc1ccc(NC(=O)/C(C#N)=C\c2cc(Cl)ccc2OCc2cccc(F)c2)cc1. The van der Waals surface area contributed by atoms with Crippen molar-refractivity contribution < 1.29 is 18.7 Å². The van der Waals surface area contributed by atoms with E-state index >= 15 is 0 Å². The van der Waals surface area contributed by atoms with Crippen LogP contribution in [-0.4, -0.2) is 13.0 Å². The van der Waals surface area contributed by atoms with Crippen molar-refractivity contribution in [2.45, 2.75) is 6.61 Å². The fraction of sp³-hybridized carbons (Fsp3) is 0.0833. The molecule has 0 aliphatic rings. The maximum atomic E-state index is 13.4. The zero-order valence-corrected chi connectivity index (χ0v) is 17.3. The van der Waals surface area contributed by atoms with E-state index < -0.39 is 5.91 Å². The van der Waals surface area contributed by atoms with Crippen LogP contribution in [0, 0.1) is 17.1 Å². The lowest BCUT2D eigenvalue weighted by Gasteiger charge is -2.11. The molecule has 3 aromatic rings. The van der Waals surface area contributed by atoms with Crippen LogP contribution in [0.2, 0.25) is 5.02 Å². The quantitative estimate of drug-likeness (QED) is 0.386. The summed E-state index contributed by atoms with van der Waals surface area (Å²) in [6.07, 6.45) is 1.39. The fourth-order valence-electron chi connectivity index (χ4n) is 2.73. The lowest BCUT2D eigenvalue weighted by atomic mass is 10.1. The lowest BCUT2D eigenvalue weighted by molar-refractivity contribution is -0.112. The second-order valence-electron chi connectivity index (χ2n) is 6.45. The Balaban J connectivity index is 1.81. The number of rotatable bonds is 7. The molecular formula is C24H18ClFN2O3. The predicted molar refractivity (Wildman–Crippen MR) is 117 cm³/mol. The van der Waals surface area contributed by atoms with Gasteiger partial charge in [0.15, 0.2) is 0 Å². The number of nitrogens with one attached hydrogen (secondary N) is 1. The Morgan fingerprint density at radius 3 is 2.61 bits per heavy atom. The topological polar surface area (TPSA) is 71.3 Å². The van der Waals surface area contributed by atoms with Gasteiger partial charge in [-0.15, -0.1) is 0 Å². The van der Waals surface area contributed by atoms with Crippen LogP contribution in [0.5, 0.6) is 11.5 Å². The van der Waals surface area contributed by atoms with E-state index in [4.69, 9.17) is 21.1 Å². The molecule has 31 heavy (non-hydrogen) atoms. The van der Waals surface area contributed by atoms with Gasteiger partial charge in [-0.1, -0.05) is 23.7 Å². The molecule has 3 aromatic carbocycles. The molecule has 0 unspecified atom stereocenters. The largest absolute Gasteiger partial charge is 0.497 e. The number of amides is 1. The molecule has 0 radical (unpaired) electrons. The molecule has 0 saturated heterocycles. The minimum absolute atomic E-state index is 0.111. The van der Waals surface area contributed by atoms with Crippen LogP contribution < -0.4 is 14.8 Å². The van der Waals surface area contributed by atoms with Crippen molar-refractivity contribution in [2.24, 2.45) is 0 Å². The average molecular weight is 437 g/mol. The summed E-state index contributed by atoms with van der Waals surface area (Å²) in [7, 11) is 1.54. The molecule has 0 atom stereocenters. The van der Waals surface area contributed by atoms with Crippen molar-refractivity contribution in [1.82, 2.24) is 0 Å². The second kappa shape index (κ2) is 10.3. The fourth-order valence-corrected chi connectivity index (χ4v) is 2.91. The Kier molecular flexibility index (Phi) is 7.26. The van der Waals surface area contributed by atoms with Gasteiger partial charge in [-0.05, 0) is 66.2 Å². The first-order valence-electron chi connectivity index (χ1n) is 9.22. The minimum atomic E-state index is -0.580. The first-order valence-corrected chi connectivity index (χ1v) is 9.60. The summed E-state index contributed by atoms with van der Waals surface area (Å²) >= 11 is 6.09. The monoisotopic (exact) mass is 436 g/mol. The molecule has 0 aromatic heterocycles. The molecule has 1 N–H and O–H groups in total. The Bertz CT molecular complexity index is 1150. The van der Waals surface area contributed by atoms with Gasteiger partial charge in [0.2, 0.25) is 0 Å². The van der Waals surface area contributed by atoms with E-state index in [9.17, 15) is 14.4 Å². The van der Waals surface area contributed by atoms with E-state index in [-0.39, 0.29) is 18.0 Å². The third kappa shape index (κ3) is 6.08. The number of hydrogen-bond acceptors (Lipinski definition) is 4. The van der Waals surface area contributed by atoms with Crippen LogP contribution in [0.3, 0.4) is 0 Å². The van der Waals surface area contributed by atoms with Crippen LogP contribution in [0.15, 0.2) is 72.3 Å². The summed E-state index contributed by atoms with van der Waals surface area (Å²) in [4.78, 5) is 12.6. The van der Waals surface area contributed by atoms with Crippen molar-refractivity contribution in [3.05, 3.63) is 94.3 Å². The van der Waals surface area contributed by atoms with Crippen LogP contribution >= 0.6 is 11.6 Å². The highest BCUT2D eigenvalue weighted by atomic mass is 35.5. The summed E-state index contributed by atoms with van der Waals surface area (Å²) in [5.41, 5.74) is 1.47. The number of ether oxygens (including phenoxy) is 2. The molecule has 0 fully saturated rings. The van der Waals surface area contributed by atoms with Gasteiger partial charge in [0, 0.05) is 16.3 Å². The highest BCUT2D eigenvalue weighted by molar-refractivity contribution is 6.30. The number of nitriles is 1. The van der Waals surface area contributed by atoms with E-state index in [1.165, 1.54) is 18.2 Å². The van der Waals surface area contributed by atoms with Crippen molar-refractivity contribution in [3.63, 3.8) is 0 Å². The van der Waals surface area contributed by atoms with Gasteiger partial charge in [0.25, 0.3) is 5.91 Å². The molecule has 0 bridgehead atoms. The number of carbonyl (C=O) groups is 1. The molecule has 0 saturated carbocycles. The third-order valence-corrected chi connectivity index (χ3v) is 4.50. The highest BCUT2D eigenvalue weighted by Crippen LogP contribution is 2.27. The smallest absolute Gasteiger partial charge is 0.266 e. The normalized spacial score (nSPS) is 10.8. The number of nitrogens with zero attached hydrogens (tertiary/aromatic N) is 1. The molecule has 1 amide bonds. The summed E-state index contributed by atoms with van der Waals surface area (Å²) in [6.45, 7) is 0.111. The molecule has 156 valence electrons. The predicted octanol–water partition coefficient (Wildman–Crippen LogP) is 5.61. The number of halogens is 2. The van der Waals surface area contributed by atoms with Crippen LogP contribution in [-0.2, 0) is 11.4 Å². The van der Waals surface area contributed by atoms with Crippen molar-refractivity contribution in [1.29, 1.82) is 5.26 Å². The maximum Gasteiger partial charge on any atom is 0.266 e. The number of carbonyl (C=O) groups excluding carboxylic acids is 1. The van der Waals surface area contributed by atoms with Gasteiger partial charge in [0.05, 0.1) is 7.11 Å². The van der Waals surface area contributed by atoms with Crippen LogP contribution in [0.25, 0.3) is 6.08 Å². The van der Waals surface area contributed by atoms with Gasteiger partial charge in [-0.3, -0.25) is 4.79 Å². The van der Waals surface area contributed by atoms with E-state index in [2.05, 4.69) is 5.32 Å². The Labute approximate surface area is 184 Å². The Morgan fingerprint density at radius 1 is 1.16 bits per heavy atom. The molecule has 5 nitrogen and oxygen atoms in total. The van der Waals surface area contributed by atoms with Crippen LogP contribution in [0.4, 0.5) is 10.1 Å². The van der Waals surface area contributed by atoms with Crippen molar-refractivity contribution in [2.75, 3.05) is 12.4 Å². The Hall–Kier alpha value is -3.82. The molecule has 0 heterocycles. The number of hydrogen-bond donors (Lipinski definition) is 1. The van der Waals surface area contributed by atoms with Crippen LogP contribution in [0.1, 0.15) is 11.1 Å². The molecule has 0 aliphatic carbocycles. The van der Waals surface area contributed by atoms with E-state index in [1.54, 1.807) is 61.7 Å². The summed E-state index contributed by atoms with van der Waals surface area (Å²) in [5.74, 6) is 0.106. The standard InChI is InChI=1S/C24H18ClFN2O3/c1-30-22-8-6-21(7-9-22)28-24(29)18(14-27)12-17-13-19(25)5-10-23(17)31-15-16-3-2-4-20(26)11-16/h2-13H,15H2,1H3,(H,28,29)/b18-12-. The van der Waals surface area contributed by atoms with Gasteiger partial charge in [0.1, 0.15) is 35.6 Å².